The van der Waals surface area contributed by atoms with Crippen LogP contribution in [0.15, 0.2) is 36.4 Å². The van der Waals surface area contributed by atoms with Crippen molar-refractivity contribution in [2.45, 2.75) is 0 Å². The second-order valence-corrected chi connectivity index (χ2v) is 5.16. The average molecular weight is 325 g/mol. The molecule has 0 radical (unpaired) electrons. The van der Waals surface area contributed by atoms with Crippen LogP contribution in [0, 0.1) is 0 Å². The fourth-order valence-corrected chi connectivity index (χ4v) is 2.59. The summed E-state index contributed by atoms with van der Waals surface area (Å²) in [5.41, 5.74) is 2.31. The minimum absolute atomic E-state index is 0.327. The van der Waals surface area contributed by atoms with Crippen molar-refractivity contribution in [2.24, 2.45) is 0 Å². The molecular weight excluding hydrogens is 315 g/mol. The zero-order valence-corrected chi connectivity index (χ0v) is 12.9. The first kappa shape index (κ1) is 15.0. The maximum absolute atomic E-state index is 11.3. The molecule has 0 atom stereocenters. The molecular formula is C15H10Cl2O2S. The molecule has 0 unspecified atom stereocenters. The van der Waals surface area contributed by atoms with Crippen molar-refractivity contribution in [3.63, 3.8) is 0 Å². The van der Waals surface area contributed by atoms with E-state index in [4.69, 9.17) is 40.2 Å². The standard InChI is InChI=1S/C15H10Cl2O2S/c1-19-15(20)10-5-3-2-4-9(10)14-11(8-18)12(16)6-7-13(14)17/h2-8H,1H3. The number of hydrogen-bond donors (Lipinski definition) is 0. The van der Waals surface area contributed by atoms with Crippen LogP contribution in [0.25, 0.3) is 11.1 Å². The predicted molar refractivity (Wildman–Crippen MR) is 86.0 cm³/mol. The van der Waals surface area contributed by atoms with Gasteiger partial charge in [0.1, 0.15) is 0 Å². The Morgan fingerprint density at radius 2 is 1.80 bits per heavy atom. The molecule has 0 N–H and O–H groups in total. The molecule has 0 saturated heterocycles. The van der Waals surface area contributed by atoms with Crippen molar-refractivity contribution in [1.82, 2.24) is 0 Å². The molecule has 2 nitrogen and oxygen atoms in total. The third-order valence-electron chi connectivity index (χ3n) is 2.86. The summed E-state index contributed by atoms with van der Waals surface area (Å²) in [7, 11) is 1.50. The third-order valence-corrected chi connectivity index (χ3v) is 3.89. The van der Waals surface area contributed by atoms with Crippen molar-refractivity contribution >= 4 is 46.8 Å². The van der Waals surface area contributed by atoms with Crippen LogP contribution in [0.5, 0.6) is 0 Å². The lowest BCUT2D eigenvalue weighted by Gasteiger charge is -2.14. The Labute approximate surface area is 132 Å². The topological polar surface area (TPSA) is 26.3 Å². The lowest BCUT2D eigenvalue weighted by Crippen LogP contribution is -2.03. The van der Waals surface area contributed by atoms with Crippen LogP contribution in [0.1, 0.15) is 15.9 Å². The smallest absolute Gasteiger partial charge is 0.191 e. The van der Waals surface area contributed by atoms with E-state index in [0.717, 1.165) is 0 Å². The van der Waals surface area contributed by atoms with Gasteiger partial charge in [-0.05, 0) is 36.0 Å². The van der Waals surface area contributed by atoms with Crippen molar-refractivity contribution in [2.75, 3.05) is 7.11 Å². The van der Waals surface area contributed by atoms with E-state index in [1.165, 1.54) is 7.11 Å². The number of rotatable bonds is 3. The van der Waals surface area contributed by atoms with Gasteiger partial charge in [0.15, 0.2) is 11.3 Å². The molecule has 0 heterocycles. The molecule has 0 amide bonds. The normalized spacial score (nSPS) is 10.2. The number of carbonyl (C=O) groups excluding carboxylic acids is 1. The summed E-state index contributed by atoms with van der Waals surface area (Å²) in [6.45, 7) is 0. The minimum atomic E-state index is 0.327. The Balaban J connectivity index is 2.79. The summed E-state index contributed by atoms with van der Waals surface area (Å²) in [4.78, 5) is 11.3. The summed E-state index contributed by atoms with van der Waals surface area (Å²) in [6.07, 6.45) is 0.691. The van der Waals surface area contributed by atoms with Crippen molar-refractivity contribution in [1.29, 1.82) is 0 Å². The Kier molecular flexibility index (Phi) is 4.76. The Morgan fingerprint density at radius 3 is 2.45 bits per heavy atom. The van der Waals surface area contributed by atoms with Gasteiger partial charge in [0.25, 0.3) is 0 Å². The number of carbonyl (C=O) groups is 1. The molecule has 5 heteroatoms. The van der Waals surface area contributed by atoms with Crippen LogP contribution in [-0.4, -0.2) is 18.4 Å². The highest BCUT2D eigenvalue weighted by Gasteiger charge is 2.17. The fourth-order valence-electron chi connectivity index (χ4n) is 1.95. The molecule has 0 saturated carbocycles. The number of benzene rings is 2. The summed E-state index contributed by atoms with van der Waals surface area (Å²) >= 11 is 17.5. The lowest BCUT2D eigenvalue weighted by atomic mass is 9.96. The molecule has 0 aliphatic rings. The Hall–Kier alpha value is -1.42. The van der Waals surface area contributed by atoms with E-state index in [9.17, 15) is 4.79 Å². The molecule has 0 aliphatic carbocycles. The number of aldehydes is 1. The van der Waals surface area contributed by atoms with Gasteiger partial charge in [-0.15, -0.1) is 0 Å². The summed E-state index contributed by atoms with van der Waals surface area (Å²) in [5, 5.41) is 1.11. The van der Waals surface area contributed by atoms with Crippen molar-refractivity contribution < 1.29 is 9.53 Å². The monoisotopic (exact) mass is 324 g/mol. The Morgan fingerprint density at radius 1 is 1.15 bits per heavy atom. The molecule has 0 aliphatic heterocycles. The second kappa shape index (κ2) is 6.35. The fraction of sp³-hybridized carbons (Fsp3) is 0.0667. The van der Waals surface area contributed by atoms with E-state index in [0.29, 0.717) is 43.6 Å². The van der Waals surface area contributed by atoms with Crippen LogP contribution in [-0.2, 0) is 4.74 Å². The maximum Gasteiger partial charge on any atom is 0.191 e. The van der Waals surface area contributed by atoms with Crippen molar-refractivity contribution in [3.05, 3.63) is 57.6 Å². The quantitative estimate of drug-likeness (QED) is 0.599. The van der Waals surface area contributed by atoms with Gasteiger partial charge in [-0.2, -0.15) is 0 Å². The zero-order valence-electron chi connectivity index (χ0n) is 10.5. The summed E-state index contributed by atoms with van der Waals surface area (Å²) in [6, 6.07) is 10.6. The number of methoxy groups -OCH3 is 1. The Bertz CT molecular complexity index is 684. The lowest BCUT2D eigenvalue weighted by molar-refractivity contribution is 0.112. The molecule has 0 bridgehead atoms. The number of halogens is 2. The first-order valence-electron chi connectivity index (χ1n) is 5.71. The second-order valence-electron chi connectivity index (χ2n) is 3.97. The van der Waals surface area contributed by atoms with Crippen LogP contribution in [0.3, 0.4) is 0 Å². The van der Waals surface area contributed by atoms with E-state index >= 15 is 0 Å². The van der Waals surface area contributed by atoms with Crippen LogP contribution in [0.4, 0.5) is 0 Å². The maximum atomic E-state index is 11.3. The highest BCUT2D eigenvalue weighted by molar-refractivity contribution is 7.80. The van der Waals surface area contributed by atoms with Gasteiger partial charge in [0.2, 0.25) is 0 Å². The first-order chi connectivity index (χ1) is 9.60. The largest absolute Gasteiger partial charge is 0.486 e. The van der Waals surface area contributed by atoms with Gasteiger partial charge in [0, 0.05) is 21.7 Å². The van der Waals surface area contributed by atoms with Gasteiger partial charge >= 0.3 is 0 Å². The zero-order chi connectivity index (χ0) is 14.7. The van der Waals surface area contributed by atoms with E-state index in [2.05, 4.69) is 0 Å². The minimum Gasteiger partial charge on any atom is -0.486 e. The first-order valence-corrected chi connectivity index (χ1v) is 6.87. The molecule has 2 aromatic rings. The molecule has 2 rings (SSSR count). The highest BCUT2D eigenvalue weighted by atomic mass is 35.5. The van der Waals surface area contributed by atoms with E-state index in [1.54, 1.807) is 12.1 Å². The van der Waals surface area contributed by atoms with E-state index < -0.39 is 0 Å². The molecule has 0 fully saturated rings. The van der Waals surface area contributed by atoms with Gasteiger partial charge in [-0.3, -0.25) is 4.79 Å². The third kappa shape index (κ3) is 2.70. The predicted octanol–water partition coefficient (Wildman–Crippen LogP) is 4.79. The van der Waals surface area contributed by atoms with Gasteiger partial charge in [-0.25, -0.2) is 0 Å². The van der Waals surface area contributed by atoms with Gasteiger partial charge in [0.05, 0.1) is 12.1 Å². The number of thiocarbonyl (C=S) groups is 1. The number of hydrogen-bond acceptors (Lipinski definition) is 3. The van der Waals surface area contributed by atoms with E-state index in [-0.39, 0.29) is 0 Å². The SMILES string of the molecule is COC(=S)c1ccccc1-c1c(Cl)ccc(Cl)c1C=O. The summed E-state index contributed by atoms with van der Waals surface area (Å²) < 4.78 is 5.11. The highest BCUT2D eigenvalue weighted by Crippen LogP contribution is 2.36. The van der Waals surface area contributed by atoms with Gasteiger partial charge < -0.3 is 4.74 Å². The molecule has 0 aromatic heterocycles. The van der Waals surface area contributed by atoms with Crippen LogP contribution < -0.4 is 0 Å². The number of ether oxygens (including phenoxy) is 1. The summed E-state index contributed by atoms with van der Waals surface area (Å²) in [5.74, 6) is 0. The van der Waals surface area contributed by atoms with Crippen LogP contribution >= 0.6 is 35.4 Å². The molecule has 0 spiro atoms. The van der Waals surface area contributed by atoms with E-state index in [1.807, 2.05) is 24.3 Å². The van der Waals surface area contributed by atoms with Crippen molar-refractivity contribution in [3.8, 4) is 11.1 Å². The average Bonchev–Trinajstić information content (AvgIpc) is 2.48. The molecule has 102 valence electrons. The van der Waals surface area contributed by atoms with Crippen LogP contribution in [0.2, 0.25) is 10.0 Å². The molecule has 20 heavy (non-hydrogen) atoms. The van der Waals surface area contributed by atoms with Gasteiger partial charge in [-0.1, -0.05) is 41.4 Å². The molecule has 2 aromatic carbocycles.